The minimum absolute atomic E-state index is 0.134. The fraction of sp³-hybridized carbons (Fsp3) is 0.158. The van der Waals surface area contributed by atoms with E-state index in [0.717, 1.165) is 22.9 Å². The Balaban J connectivity index is 1.78. The zero-order valence-corrected chi connectivity index (χ0v) is 15.6. The first-order chi connectivity index (χ1) is 12.5. The van der Waals surface area contributed by atoms with Gasteiger partial charge in [0.05, 0.1) is 11.5 Å². The number of amidine groups is 1. The van der Waals surface area contributed by atoms with E-state index in [9.17, 15) is 4.79 Å². The van der Waals surface area contributed by atoms with Gasteiger partial charge in [-0.3, -0.25) is 10.2 Å². The number of rotatable bonds is 6. The van der Waals surface area contributed by atoms with Gasteiger partial charge < -0.3 is 14.8 Å². The number of carbonyl (C=O) groups is 1. The first-order valence-electron chi connectivity index (χ1n) is 7.98. The Morgan fingerprint density at radius 2 is 1.92 bits per heavy atom. The molecular formula is C19H17ClN2O3S. The van der Waals surface area contributed by atoms with E-state index in [2.05, 4.69) is 5.32 Å². The topological polar surface area (TPSA) is 71.4 Å². The van der Waals surface area contributed by atoms with Gasteiger partial charge in [0.15, 0.2) is 16.7 Å². The third-order valence-electron chi connectivity index (χ3n) is 3.54. The highest BCUT2D eigenvalue weighted by Crippen LogP contribution is 2.32. The van der Waals surface area contributed by atoms with Gasteiger partial charge >= 0.3 is 0 Å². The summed E-state index contributed by atoms with van der Waals surface area (Å²) < 4.78 is 11.5. The van der Waals surface area contributed by atoms with Crippen LogP contribution in [0.25, 0.3) is 6.08 Å². The lowest BCUT2D eigenvalue weighted by Gasteiger charge is -2.13. The van der Waals surface area contributed by atoms with Crippen molar-refractivity contribution in [2.75, 3.05) is 6.61 Å². The Morgan fingerprint density at radius 3 is 2.58 bits per heavy atom. The summed E-state index contributed by atoms with van der Waals surface area (Å²) in [6.07, 6.45) is 1.73. The molecule has 134 valence electrons. The molecule has 1 aliphatic rings. The molecule has 0 radical (unpaired) electrons. The SMILES string of the molecule is CCOc1cc(C=C2SC(=N)NC2=O)ccc1OCc1ccc(Cl)cc1. The second-order valence-electron chi connectivity index (χ2n) is 5.45. The van der Waals surface area contributed by atoms with Crippen molar-refractivity contribution in [2.45, 2.75) is 13.5 Å². The number of ether oxygens (including phenoxy) is 2. The largest absolute Gasteiger partial charge is 0.490 e. The fourth-order valence-corrected chi connectivity index (χ4v) is 3.16. The van der Waals surface area contributed by atoms with Crippen LogP contribution in [0, 0.1) is 5.41 Å². The predicted molar refractivity (Wildman–Crippen MR) is 105 cm³/mol. The van der Waals surface area contributed by atoms with Crippen molar-refractivity contribution in [3.05, 3.63) is 63.5 Å². The summed E-state index contributed by atoms with van der Waals surface area (Å²) in [5.74, 6) is 0.968. The standard InChI is InChI=1S/C19H17ClN2O3S/c1-2-24-16-9-13(10-17-18(23)22-19(21)26-17)5-8-15(16)25-11-12-3-6-14(20)7-4-12/h3-10H,2,11H2,1H3,(H2,21,22,23). The highest BCUT2D eigenvalue weighted by Gasteiger charge is 2.22. The Morgan fingerprint density at radius 1 is 1.15 bits per heavy atom. The highest BCUT2D eigenvalue weighted by molar-refractivity contribution is 8.18. The summed E-state index contributed by atoms with van der Waals surface area (Å²) in [7, 11) is 0. The van der Waals surface area contributed by atoms with Gasteiger partial charge in [-0.2, -0.15) is 0 Å². The summed E-state index contributed by atoms with van der Waals surface area (Å²) in [5.41, 5.74) is 1.81. The molecule has 0 unspecified atom stereocenters. The van der Waals surface area contributed by atoms with Crippen molar-refractivity contribution in [3.8, 4) is 11.5 Å². The predicted octanol–water partition coefficient (Wildman–Crippen LogP) is 4.46. The summed E-state index contributed by atoms with van der Waals surface area (Å²) in [5, 5.41) is 10.8. The third-order valence-corrected chi connectivity index (χ3v) is 4.62. The average molecular weight is 389 g/mol. The molecule has 2 aromatic rings. The summed E-state index contributed by atoms with van der Waals surface area (Å²) >= 11 is 6.99. The number of hydrogen-bond acceptors (Lipinski definition) is 5. The van der Waals surface area contributed by atoms with Gasteiger partial charge in [0.2, 0.25) is 0 Å². The second kappa shape index (κ2) is 8.29. The van der Waals surface area contributed by atoms with Crippen LogP contribution in [0.1, 0.15) is 18.1 Å². The molecule has 0 aromatic heterocycles. The fourth-order valence-electron chi connectivity index (χ4n) is 2.34. The molecule has 2 N–H and O–H groups in total. The highest BCUT2D eigenvalue weighted by atomic mass is 35.5. The molecule has 1 heterocycles. The maximum absolute atomic E-state index is 11.7. The molecule has 7 heteroatoms. The molecule has 1 amide bonds. The van der Waals surface area contributed by atoms with Crippen LogP contribution in [-0.4, -0.2) is 17.7 Å². The zero-order valence-electron chi connectivity index (χ0n) is 14.0. The molecule has 0 aliphatic carbocycles. The Labute approximate surface area is 160 Å². The maximum atomic E-state index is 11.7. The van der Waals surface area contributed by atoms with Crippen LogP contribution in [0.2, 0.25) is 5.02 Å². The average Bonchev–Trinajstić information content (AvgIpc) is 2.93. The van der Waals surface area contributed by atoms with Crippen LogP contribution in [-0.2, 0) is 11.4 Å². The van der Waals surface area contributed by atoms with Crippen LogP contribution in [0.4, 0.5) is 0 Å². The Kier molecular flexibility index (Phi) is 5.85. The van der Waals surface area contributed by atoms with E-state index >= 15 is 0 Å². The number of carbonyl (C=O) groups excluding carboxylic acids is 1. The zero-order chi connectivity index (χ0) is 18.5. The number of amides is 1. The van der Waals surface area contributed by atoms with E-state index in [1.165, 1.54) is 0 Å². The van der Waals surface area contributed by atoms with Gasteiger partial charge in [0.25, 0.3) is 5.91 Å². The van der Waals surface area contributed by atoms with Crippen molar-refractivity contribution in [1.82, 2.24) is 5.32 Å². The van der Waals surface area contributed by atoms with Crippen LogP contribution < -0.4 is 14.8 Å². The lowest BCUT2D eigenvalue weighted by Crippen LogP contribution is -2.18. The van der Waals surface area contributed by atoms with Crippen molar-refractivity contribution >= 4 is 40.5 Å². The van der Waals surface area contributed by atoms with Gasteiger partial charge in [-0.15, -0.1) is 0 Å². The van der Waals surface area contributed by atoms with Crippen molar-refractivity contribution < 1.29 is 14.3 Å². The van der Waals surface area contributed by atoms with Gasteiger partial charge in [-0.1, -0.05) is 29.8 Å². The molecular weight excluding hydrogens is 372 g/mol. The quantitative estimate of drug-likeness (QED) is 0.717. The molecule has 0 atom stereocenters. The summed E-state index contributed by atoms with van der Waals surface area (Å²) in [6.45, 7) is 2.79. The van der Waals surface area contributed by atoms with Crippen LogP contribution in [0.5, 0.6) is 11.5 Å². The number of hydrogen-bond donors (Lipinski definition) is 2. The molecule has 5 nitrogen and oxygen atoms in total. The van der Waals surface area contributed by atoms with E-state index in [1.807, 2.05) is 49.4 Å². The van der Waals surface area contributed by atoms with Crippen molar-refractivity contribution in [2.24, 2.45) is 0 Å². The first kappa shape index (κ1) is 18.4. The molecule has 26 heavy (non-hydrogen) atoms. The molecule has 1 fully saturated rings. The van der Waals surface area contributed by atoms with Crippen molar-refractivity contribution in [1.29, 1.82) is 5.41 Å². The third kappa shape index (κ3) is 4.59. The molecule has 3 rings (SSSR count). The minimum atomic E-state index is -0.263. The van der Waals surface area contributed by atoms with Gasteiger partial charge in [-0.05, 0) is 60.2 Å². The van der Waals surface area contributed by atoms with E-state index in [4.69, 9.17) is 26.5 Å². The Hall–Kier alpha value is -2.44. The van der Waals surface area contributed by atoms with E-state index in [0.29, 0.717) is 34.6 Å². The van der Waals surface area contributed by atoms with Crippen LogP contribution in [0.15, 0.2) is 47.4 Å². The minimum Gasteiger partial charge on any atom is -0.490 e. The second-order valence-corrected chi connectivity index (χ2v) is 6.94. The van der Waals surface area contributed by atoms with Gasteiger partial charge in [-0.25, -0.2) is 0 Å². The molecule has 0 saturated carbocycles. The maximum Gasteiger partial charge on any atom is 0.264 e. The lowest BCUT2D eigenvalue weighted by atomic mass is 10.2. The number of nitrogens with one attached hydrogen (secondary N) is 2. The lowest BCUT2D eigenvalue weighted by molar-refractivity contribution is -0.115. The monoisotopic (exact) mass is 388 g/mol. The number of benzene rings is 2. The van der Waals surface area contributed by atoms with E-state index < -0.39 is 0 Å². The van der Waals surface area contributed by atoms with Crippen LogP contribution >= 0.6 is 23.4 Å². The van der Waals surface area contributed by atoms with Crippen molar-refractivity contribution in [3.63, 3.8) is 0 Å². The molecule has 1 aliphatic heterocycles. The van der Waals surface area contributed by atoms with Crippen LogP contribution in [0.3, 0.4) is 0 Å². The normalized spacial score (nSPS) is 15.2. The Bertz CT molecular complexity index is 866. The van der Waals surface area contributed by atoms with Gasteiger partial charge in [0, 0.05) is 5.02 Å². The molecule has 0 bridgehead atoms. The molecule has 2 aromatic carbocycles. The summed E-state index contributed by atoms with van der Waals surface area (Å²) in [6, 6.07) is 12.9. The summed E-state index contributed by atoms with van der Waals surface area (Å²) in [4.78, 5) is 12.2. The first-order valence-corrected chi connectivity index (χ1v) is 9.18. The smallest absolute Gasteiger partial charge is 0.264 e. The molecule has 0 spiro atoms. The van der Waals surface area contributed by atoms with E-state index in [1.54, 1.807) is 6.08 Å². The molecule has 1 saturated heterocycles. The number of thioether (sulfide) groups is 1. The van der Waals surface area contributed by atoms with Gasteiger partial charge in [0.1, 0.15) is 6.61 Å². The number of halogens is 1. The van der Waals surface area contributed by atoms with E-state index in [-0.39, 0.29) is 11.1 Å².